The molecule has 0 radical (unpaired) electrons. The van der Waals surface area contributed by atoms with Crippen molar-refractivity contribution in [3.63, 3.8) is 0 Å². The number of ether oxygens (including phenoxy) is 1. The lowest BCUT2D eigenvalue weighted by Crippen LogP contribution is -2.12. The van der Waals surface area contributed by atoms with Crippen molar-refractivity contribution < 1.29 is 13.2 Å². The van der Waals surface area contributed by atoms with Crippen LogP contribution in [-0.2, 0) is 15.4 Å². The molecule has 0 saturated heterocycles. The predicted molar refractivity (Wildman–Crippen MR) is 93.1 cm³/mol. The summed E-state index contributed by atoms with van der Waals surface area (Å²) in [6.45, 7) is 2.47. The van der Waals surface area contributed by atoms with Crippen LogP contribution in [0.2, 0.25) is 0 Å². The van der Waals surface area contributed by atoms with E-state index in [1.165, 1.54) is 11.3 Å². The highest BCUT2D eigenvalue weighted by molar-refractivity contribution is 9.10. The number of thiophene rings is 1. The Bertz CT molecular complexity index is 729. The third kappa shape index (κ3) is 4.00. The maximum atomic E-state index is 12.3. The summed E-state index contributed by atoms with van der Waals surface area (Å²) in [6, 6.07) is 6.93. The van der Waals surface area contributed by atoms with Crippen LogP contribution < -0.4 is 9.46 Å². The lowest BCUT2D eigenvalue weighted by Gasteiger charge is -2.12. The summed E-state index contributed by atoms with van der Waals surface area (Å²) in [5.74, 6) is 0.745. The van der Waals surface area contributed by atoms with Crippen LogP contribution in [0, 0.1) is 0 Å². The molecule has 0 fully saturated rings. The van der Waals surface area contributed by atoms with Gasteiger partial charge in [-0.2, -0.15) is 0 Å². The highest BCUT2D eigenvalue weighted by Crippen LogP contribution is 2.31. The normalized spacial score (nSPS) is 11.4. The maximum absolute atomic E-state index is 12.3. The smallest absolute Gasteiger partial charge is 0.272 e. The van der Waals surface area contributed by atoms with Crippen molar-refractivity contribution in [2.75, 3.05) is 11.3 Å². The summed E-state index contributed by atoms with van der Waals surface area (Å²) in [5, 5.41) is 2.31. The van der Waals surface area contributed by atoms with Crippen LogP contribution in [0.1, 0.15) is 12.5 Å². The first kappa shape index (κ1) is 16.8. The van der Waals surface area contributed by atoms with Crippen LogP contribution in [0.25, 0.3) is 0 Å². The van der Waals surface area contributed by atoms with Crippen LogP contribution in [0.3, 0.4) is 0 Å². The molecule has 1 heterocycles. The van der Waals surface area contributed by atoms with Gasteiger partial charge < -0.3 is 4.74 Å². The van der Waals surface area contributed by atoms with Crippen molar-refractivity contribution in [2.45, 2.75) is 16.5 Å². The first-order valence-electron chi connectivity index (χ1n) is 6.05. The Morgan fingerprint density at radius 1 is 1.33 bits per heavy atom. The van der Waals surface area contributed by atoms with E-state index in [0.29, 0.717) is 22.1 Å². The SMILES string of the molecule is CCOc1ccc(NS(=O)(=O)c2sccc2Br)cc1CBr. The zero-order chi connectivity index (χ0) is 15.5. The molecule has 2 rings (SSSR count). The molecule has 0 spiro atoms. The summed E-state index contributed by atoms with van der Waals surface area (Å²) in [5.41, 5.74) is 1.40. The van der Waals surface area contributed by atoms with Gasteiger partial charge in [0.05, 0.1) is 6.61 Å². The van der Waals surface area contributed by atoms with Crippen LogP contribution in [0.4, 0.5) is 5.69 Å². The molecule has 114 valence electrons. The zero-order valence-electron chi connectivity index (χ0n) is 11.1. The fourth-order valence-corrected chi connectivity index (χ4v) is 5.54. The van der Waals surface area contributed by atoms with Gasteiger partial charge in [-0.3, -0.25) is 4.72 Å². The number of rotatable bonds is 6. The van der Waals surface area contributed by atoms with E-state index in [1.54, 1.807) is 29.6 Å². The van der Waals surface area contributed by atoms with Gasteiger partial charge in [-0.05, 0) is 52.5 Å². The van der Waals surface area contributed by atoms with Gasteiger partial charge in [-0.25, -0.2) is 8.42 Å². The summed E-state index contributed by atoms with van der Waals surface area (Å²) in [4.78, 5) is 0. The molecule has 0 aliphatic rings. The number of benzene rings is 1. The number of anilines is 1. The standard InChI is InChI=1S/C13H13Br2NO3S2/c1-2-19-12-4-3-10(7-9(12)8-14)16-21(17,18)13-11(15)5-6-20-13/h3-7,16H,2,8H2,1H3. The molecule has 1 aromatic carbocycles. The van der Waals surface area contributed by atoms with E-state index in [-0.39, 0.29) is 4.21 Å². The van der Waals surface area contributed by atoms with Crippen LogP contribution in [0.15, 0.2) is 38.3 Å². The lowest BCUT2D eigenvalue weighted by atomic mass is 10.2. The van der Waals surface area contributed by atoms with Gasteiger partial charge in [0.1, 0.15) is 5.75 Å². The average Bonchev–Trinajstić information content (AvgIpc) is 2.87. The van der Waals surface area contributed by atoms with Crippen molar-refractivity contribution in [3.8, 4) is 5.75 Å². The second kappa shape index (κ2) is 7.13. The van der Waals surface area contributed by atoms with Gasteiger partial charge in [-0.15, -0.1) is 11.3 Å². The molecule has 21 heavy (non-hydrogen) atoms. The quantitative estimate of drug-likeness (QED) is 0.648. The van der Waals surface area contributed by atoms with E-state index in [2.05, 4.69) is 36.6 Å². The molecule has 2 aromatic rings. The molecule has 0 atom stereocenters. The number of halogens is 2. The monoisotopic (exact) mass is 453 g/mol. The topological polar surface area (TPSA) is 55.4 Å². The molecule has 0 amide bonds. The lowest BCUT2D eigenvalue weighted by molar-refractivity contribution is 0.338. The van der Waals surface area contributed by atoms with Gasteiger partial charge in [-0.1, -0.05) is 15.9 Å². The number of nitrogens with one attached hydrogen (secondary N) is 1. The van der Waals surface area contributed by atoms with Crippen LogP contribution in [0.5, 0.6) is 5.75 Å². The Labute approximate surface area is 144 Å². The largest absolute Gasteiger partial charge is 0.494 e. The first-order chi connectivity index (χ1) is 9.97. The van der Waals surface area contributed by atoms with Gasteiger partial charge in [0, 0.05) is 21.1 Å². The van der Waals surface area contributed by atoms with E-state index in [1.807, 2.05) is 6.92 Å². The van der Waals surface area contributed by atoms with Gasteiger partial charge in [0.25, 0.3) is 10.0 Å². The Morgan fingerprint density at radius 3 is 2.67 bits per heavy atom. The van der Waals surface area contributed by atoms with Crippen molar-refractivity contribution in [3.05, 3.63) is 39.7 Å². The molecule has 4 nitrogen and oxygen atoms in total. The van der Waals surface area contributed by atoms with Crippen LogP contribution in [-0.4, -0.2) is 15.0 Å². The average molecular weight is 455 g/mol. The molecular weight excluding hydrogens is 442 g/mol. The maximum Gasteiger partial charge on any atom is 0.272 e. The predicted octanol–water partition coefficient (Wildman–Crippen LogP) is 4.61. The van der Waals surface area contributed by atoms with Gasteiger partial charge >= 0.3 is 0 Å². The van der Waals surface area contributed by atoms with Crippen molar-refractivity contribution in [1.82, 2.24) is 0 Å². The van der Waals surface area contributed by atoms with E-state index in [4.69, 9.17) is 4.74 Å². The number of hydrogen-bond donors (Lipinski definition) is 1. The van der Waals surface area contributed by atoms with Crippen LogP contribution >= 0.6 is 43.2 Å². The molecule has 1 aromatic heterocycles. The zero-order valence-corrected chi connectivity index (χ0v) is 15.9. The second-order valence-electron chi connectivity index (χ2n) is 4.05. The minimum absolute atomic E-state index is 0.261. The first-order valence-corrected chi connectivity index (χ1v) is 10.3. The summed E-state index contributed by atoms with van der Waals surface area (Å²) < 4.78 is 33.5. The van der Waals surface area contributed by atoms with Crippen molar-refractivity contribution >= 4 is 58.9 Å². The van der Waals surface area contributed by atoms with E-state index >= 15 is 0 Å². The molecule has 0 unspecified atom stereocenters. The minimum atomic E-state index is -3.59. The summed E-state index contributed by atoms with van der Waals surface area (Å²) in [7, 11) is -3.59. The van der Waals surface area contributed by atoms with Gasteiger partial charge in [0.15, 0.2) is 4.21 Å². The minimum Gasteiger partial charge on any atom is -0.494 e. The van der Waals surface area contributed by atoms with Crippen molar-refractivity contribution in [2.24, 2.45) is 0 Å². The molecule has 8 heteroatoms. The Hall–Kier alpha value is -0.570. The number of alkyl halides is 1. The molecule has 0 aliphatic carbocycles. The Kier molecular flexibility index (Phi) is 5.70. The molecule has 0 bridgehead atoms. The van der Waals surface area contributed by atoms with E-state index in [9.17, 15) is 8.42 Å². The molecule has 0 aliphatic heterocycles. The third-order valence-electron chi connectivity index (χ3n) is 2.59. The van der Waals surface area contributed by atoms with Gasteiger partial charge in [0.2, 0.25) is 0 Å². The molecular formula is C13H13Br2NO3S2. The fraction of sp³-hybridized carbons (Fsp3) is 0.231. The van der Waals surface area contributed by atoms with E-state index in [0.717, 1.165) is 11.3 Å². The second-order valence-corrected chi connectivity index (χ2v) is 8.26. The molecule has 0 saturated carbocycles. The highest BCUT2D eigenvalue weighted by atomic mass is 79.9. The highest BCUT2D eigenvalue weighted by Gasteiger charge is 2.19. The number of hydrogen-bond acceptors (Lipinski definition) is 4. The Balaban J connectivity index is 2.30. The molecule has 1 N–H and O–H groups in total. The summed E-state index contributed by atoms with van der Waals surface area (Å²) in [6.07, 6.45) is 0. The third-order valence-corrected chi connectivity index (χ3v) is 7.24. The number of sulfonamides is 1. The fourth-order valence-electron chi connectivity index (χ4n) is 1.72. The van der Waals surface area contributed by atoms with E-state index < -0.39 is 10.0 Å². The Morgan fingerprint density at radius 2 is 2.10 bits per heavy atom. The van der Waals surface area contributed by atoms with Crippen molar-refractivity contribution in [1.29, 1.82) is 0 Å². The summed E-state index contributed by atoms with van der Waals surface area (Å²) >= 11 is 7.78.